The molecule has 1 fully saturated rings. The van der Waals surface area contributed by atoms with Crippen LogP contribution in [0.25, 0.3) is 0 Å². The summed E-state index contributed by atoms with van der Waals surface area (Å²) in [6, 6.07) is 23.2. The second-order valence-electron chi connectivity index (χ2n) is 9.70. The highest BCUT2D eigenvalue weighted by atomic mass is 16.5. The first-order chi connectivity index (χ1) is 17.1. The van der Waals surface area contributed by atoms with Crippen molar-refractivity contribution >= 4 is 23.5 Å². The van der Waals surface area contributed by atoms with Gasteiger partial charge in [-0.15, -0.1) is 0 Å². The minimum atomic E-state index is -0.409. The van der Waals surface area contributed by atoms with Gasteiger partial charge < -0.3 is 4.74 Å². The largest absolute Gasteiger partial charge is 0.427 e. The molecule has 5 heteroatoms. The zero-order valence-electron chi connectivity index (χ0n) is 19.6. The second kappa shape index (κ2) is 8.49. The molecule has 3 aliphatic carbocycles. The molecule has 4 aliphatic rings. The Morgan fingerprint density at radius 2 is 1.23 bits per heavy atom. The predicted molar refractivity (Wildman–Crippen MR) is 132 cm³/mol. The predicted octanol–water partition coefficient (Wildman–Crippen LogP) is 5.57. The van der Waals surface area contributed by atoms with Crippen LogP contribution in [0, 0.1) is 11.8 Å². The highest BCUT2D eigenvalue weighted by Crippen LogP contribution is 2.61. The van der Waals surface area contributed by atoms with E-state index in [2.05, 4.69) is 31.2 Å². The first kappa shape index (κ1) is 21.8. The Morgan fingerprint density at radius 3 is 1.69 bits per heavy atom. The molecule has 0 aromatic heterocycles. The van der Waals surface area contributed by atoms with E-state index in [0.717, 1.165) is 41.5 Å². The van der Waals surface area contributed by atoms with Gasteiger partial charge in [0.2, 0.25) is 11.8 Å². The molecule has 176 valence electrons. The van der Waals surface area contributed by atoms with Crippen LogP contribution in [0.2, 0.25) is 0 Å². The fraction of sp³-hybridized carbons (Fsp3) is 0.300. The number of unbranched alkanes of at least 4 members (excludes halogenated alkanes) is 2. The molecular weight excluding hydrogens is 438 g/mol. The van der Waals surface area contributed by atoms with Crippen LogP contribution in [-0.2, 0) is 14.4 Å². The van der Waals surface area contributed by atoms with E-state index in [1.54, 1.807) is 24.3 Å². The van der Waals surface area contributed by atoms with Crippen molar-refractivity contribution in [2.24, 2.45) is 11.8 Å². The fourth-order valence-corrected chi connectivity index (χ4v) is 6.30. The Hall–Kier alpha value is -3.73. The summed E-state index contributed by atoms with van der Waals surface area (Å²) in [7, 11) is 0. The topological polar surface area (TPSA) is 63.7 Å². The summed E-state index contributed by atoms with van der Waals surface area (Å²) in [5, 5.41) is 0. The number of amides is 2. The van der Waals surface area contributed by atoms with Crippen molar-refractivity contribution in [1.82, 2.24) is 0 Å². The Kier molecular flexibility index (Phi) is 5.28. The number of rotatable bonds is 6. The van der Waals surface area contributed by atoms with Crippen LogP contribution in [0.4, 0.5) is 5.69 Å². The van der Waals surface area contributed by atoms with Crippen molar-refractivity contribution in [2.45, 2.75) is 44.4 Å². The molecule has 0 unspecified atom stereocenters. The van der Waals surface area contributed by atoms with E-state index in [9.17, 15) is 14.4 Å². The first-order valence-corrected chi connectivity index (χ1v) is 12.5. The number of hydrogen-bond donors (Lipinski definition) is 0. The minimum absolute atomic E-state index is 0.123. The average Bonchev–Trinajstić information content (AvgIpc) is 3.15. The van der Waals surface area contributed by atoms with Gasteiger partial charge in [0.15, 0.2) is 0 Å². The van der Waals surface area contributed by atoms with Gasteiger partial charge >= 0.3 is 5.97 Å². The zero-order chi connectivity index (χ0) is 24.1. The highest BCUT2D eigenvalue weighted by Gasteiger charge is 2.61. The molecular formula is C30H27NO4. The third kappa shape index (κ3) is 3.33. The van der Waals surface area contributed by atoms with Crippen molar-refractivity contribution < 1.29 is 19.1 Å². The molecule has 35 heavy (non-hydrogen) atoms. The number of esters is 1. The average molecular weight is 466 g/mol. The summed E-state index contributed by atoms with van der Waals surface area (Å²) in [4.78, 5) is 41.0. The summed E-state index contributed by atoms with van der Waals surface area (Å²) in [5.74, 6) is -1.21. The van der Waals surface area contributed by atoms with Crippen LogP contribution < -0.4 is 9.64 Å². The lowest BCUT2D eigenvalue weighted by Crippen LogP contribution is -2.41. The van der Waals surface area contributed by atoms with Crippen molar-refractivity contribution in [3.63, 3.8) is 0 Å². The molecule has 2 amide bonds. The van der Waals surface area contributed by atoms with Gasteiger partial charge in [0.25, 0.3) is 0 Å². The van der Waals surface area contributed by atoms with Crippen molar-refractivity contribution in [3.8, 4) is 5.75 Å². The second-order valence-corrected chi connectivity index (χ2v) is 9.70. The molecule has 3 aromatic rings. The number of carbonyl (C=O) groups is 3. The van der Waals surface area contributed by atoms with Crippen LogP contribution >= 0.6 is 0 Å². The summed E-state index contributed by atoms with van der Waals surface area (Å²) >= 11 is 0. The Labute approximate surface area is 204 Å². The third-order valence-electron chi connectivity index (χ3n) is 7.76. The van der Waals surface area contributed by atoms with E-state index in [-0.39, 0.29) is 29.6 Å². The summed E-state index contributed by atoms with van der Waals surface area (Å²) in [5.41, 5.74) is 5.15. The van der Waals surface area contributed by atoms with E-state index in [0.29, 0.717) is 17.9 Å². The molecule has 1 saturated heterocycles. The van der Waals surface area contributed by atoms with Gasteiger partial charge in [0.05, 0.1) is 17.5 Å². The lowest BCUT2D eigenvalue weighted by Gasteiger charge is -2.45. The van der Waals surface area contributed by atoms with Crippen LogP contribution in [0.15, 0.2) is 72.8 Å². The van der Waals surface area contributed by atoms with Gasteiger partial charge in [-0.05, 0) is 52.9 Å². The van der Waals surface area contributed by atoms with Gasteiger partial charge in [-0.1, -0.05) is 68.3 Å². The zero-order valence-corrected chi connectivity index (χ0v) is 19.6. The van der Waals surface area contributed by atoms with Gasteiger partial charge in [-0.3, -0.25) is 14.4 Å². The van der Waals surface area contributed by atoms with Crippen LogP contribution in [-0.4, -0.2) is 17.8 Å². The van der Waals surface area contributed by atoms with Crippen LogP contribution in [0.5, 0.6) is 5.75 Å². The SMILES string of the molecule is CCCCCC(=O)Oc1ccc(N2C(=O)[C@H]3C4c5ccccc5C(c5ccccc54)[C@@H]3C2=O)cc1. The lowest BCUT2D eigenvalue weighted by atomic mass is 9.55. The van der Waals surface area contributed by atoms with Gasteiger partial charge in [-0.25, -0.2) is 4.90 Å². The lowest BCUT2D eigenvalue weighted by molar-refractivity contribution is -0.134. The molecule has 7 rings (SSSR count). The Morgan fingerprint density at radius 1 is 0.743 bits per heavy atom. The van der Waals surface area contributed by atoms with E-state index in [4.69, 9.17) is 4.74 Å². The molecule has 0 saturated carbocycles. The van der Waals surface area contributed by atoms with Gasteiger partial charge in [0.1, 0.15) is 5.75 Å². The summed E-state index contributed by atoms with van der Waals surface area (Å²) in [6.07, 6.45) is 3.22. The fourth-order valence-electron chi connectivity index (χ4n) is 6.30. The first-order valence-electron chi connectivity index (χ1n) is 12.5. The number of anilines is 1. The smallest absolute Gasteiger partial charge is 0.311 e. The molecule has 3 aromatic carbocycles. The minimum Gasteiger partial charge on any atom is -0.427 e. The molecule has 0 N–H and O–H groups in total. The molecule has 5 nitrogen and oxygen atoms in total. The van der Waals surface area contributed by atoms with Crippen molar-refractivity contribution in [3.05, 3.63) is 95.1 Å². The summed E-state index contributed by atoms with van der Waals surface area (Å²) < 4.78 is 5.43. The maximum atomic E-state index is 13.8. The number of ether oxygens (including phenoxy) is 1. The van der Waals surface area contributed by atoms with E-state index in [1.165, 1.54) is 4.90 Å². The highest BCUT2D eigenvalue weighted by molar-refractivity contribution is 6.23. The van der Waals surface area contributed by atoms with Gasteiger partial charge in [0, 0.05) is 18.3 Å². The number of nitrogens with zero attached hydrogens (tertiary/aromatic N) is 1. The molecule has 2 atom stereocenters. The number of benzene rings is 3. The van der Waals surface area contributed by atoms with E-state index < -0.39 is 11.8 Å². The maximum absolute atomic E-state index is 13.8. The van der Waals surface area contributed by atoms with E-state index >= 15 is 0 Å². The van der Waals surface area contributed by atoms with Gasteiger partial charge in [-0.2, -0.15) is 0 Å². The van der Waals surface area contributed by atoms with Crippen molar-refractivity contribution in [2.75, 3.05) is 4.90 Å². The normalized spacial score (nSPS) is 23.6. The monoisotopic (exact) mass is 465 g/mol. The quantitative estimate of drug-likeness (QED) is 0.207. The van der Waals surface area contributed by atoms with Crippen LogP contribution in [0.3, 0.4) is 0 Å². The number of imide groups is 1. The maximum Gasteiger partial charge on any atom is 0.311 e. The standard InChI is InChI=1S/C30H27NO4/c1-2-3-4-13-24(32)35-19-16-14-18(15-17-19)31-29(33)27-25-20-9-5-6-10-21(20)26(28(27)30(31)34)23-12-8-7-11-22(23)25/h5-12,14-17,25-28H,2-4,13H2,1H3/t25?,26?,27-,28-/m0/s1. The van der Waals surface area contributed by atoms with Crippen molar-refractivity contribution in [1.29, 1.82) is 0 Å². The van der Waals surface area contributed by atoms with Crippen LogP contribution in [0.1, 0.15) is 66.7 Å². The Bertz CT molecular complexity index is 1210. The third-order valence-corrected chi connectivity index (χ3v) is 7.76. The summed E-state index contributed by atoms with van der Waals surface area (Å²) in [6.45, 7) is 2.09. The Balaban J connectivity index is 1.31. The molecule has 0 spiro atoms. The molecule has 1 heterocycles. The molecule has 1 aliphatic heterocycles. The molecule has 0 radical (unpaired) electrons. The molecule has 2 bridgehead atoms. The number of hydrogen-bond acceptors (Lipinski definition) is 4. The number of carbonyl (C=O) groups excluding carboxylic acids is 3. The van der Waals surface area contributed by atoms with E-state index in [1.807, 2.05) is 24.3 Å².